The van der Waals surface area contributed by atoms with Crippen LogP contribution in [0.15, 0.2) is 29.2 Å². The number of amides is 1. The summed E-state index contributed by atoms with van der Waals surface area (Å²) in [5.41, 5.74) is -0.0693. The second-order valence-electron chi connectivity index (χ2n) is 8.13. The molecule has 4 aliphatic carbocycles. The number of hydrogen-bond donors (Lipinski definition) is 1. The van der Waals surface area contributed by atoms with Gasteiger partial charge in [0.05, 0.1) is 5.75 Å². The number of carbonyl (C=O) groups excluding carboxylic acids is 2. The van der Waals surface area contributed by atoms with Gasteiger partial charge in [-0.2, -0.15) is 0 Å². The maximum atomic E-state index is 13.5. The lowest BCUT2D eigenvalue weighted by atomic mass is 9.53. The summed E-state index contributed by atoms with van der Waals surface area (Å²) in [6.45, 7) is -0.252. The fraction of sp³-hybridized carbons (Fsp3) is 0.600. The summed E-state index contributed by atoms with van der Waals surface area (Å²) in [5.74, 6) is 1.18. The van der Waals surface area contributed by atoms with E-state index in [1.807, 2.05) is 0 Å². The number of ether oxygens (including phenoxy) is 1. The summed E-state index contributed by atoms with van der Waals surface area (Å²) in [7, 11) is 0. The number of hydrogen-bond acceptors (Lipinski definition) is 4. The molecule has 4 nitrogen and oxygen atoms in total. The van der Waals surface area contributed by atoms with E-state index in [0.29, 0.717) is 4.90 Å². The quantitative estimate of drug-likeness (QED) is 0.609. The Bertz CT molecular complexity index is 673. The van der Waals surface area contributed by atoms with E-state index in [1.54, 1.807) is 18.2 Å². The van der Waals surface area contributed by atoms with E-state index in [4.69, 9.17) is 4.74 Å². The number of benzene rings is 1. The Kier molecular flexibility index (Phi) is 4.95. The average Bonchev–Trinajstić information content (AvgIpc) is 2.57. The first-order valence-electron chi connectivity index (χ1n) is 9.35. The van der Waals surface area contributed by atoms with E-state index < -0.39 is 5.97 Å². The van der Waals surface area contributed by atoms with Crippen molar-refractivity contribution in [2.24, 2.45) is 17.8 Å². The van der Waals surface area contributed by atoms with Gasteiger partial charge >= 0.3 is 5.97 Å². The minimum atomic E-state index is -0.501. The van der Waals surface area contributed by atoms with Gasteiger partial charge in [-0.25, -0.2) is 4.39 Å². The molecular formula is C20H24FNO3S. The van der Waals surface area contributed by atoms with Crippen molar-refractivity contribution in [1.29, 1.82) is 0 Å². The number of carbonyl (C=O) groups is 2. The highest BCUT2D eigenvalue weighted by atomic mass is 32.2. The summed E-state index contributed by atoms with van der Waals surface area (Å²) in [6, 6.07) is 6.29. The van der Waals surface area contributed by atoms with Crippen LogP contribution in [0, 0.1) is 23.6 Å². The van der Waals surface area contributed by atoms with Crippen LogP contribution >= 0.6 is 11.8 Å². The first-order valence-corrected chi connectivity index (χ1v) is 10.3. The van der Waals surface area contributed by atoms with Crippen LogP contribution in [0.1, 0.15) is 38.5 Å². The van der Waals surface area contributed by atoms with Crippen LogP contribution in [0.4, 0.5) is 4.39 Å². The van der Waals surface area contributed by atoms with Crippen molar-refractivity contribution < 1.29 is 18.7 Å². The van der Waals surface area contributed by atoms with Crippen molar-refractivity contribution in [3.8, 4) is 0 Å². The molecule has 1 N–H and O–H groups in total. The second kappa shape index (κ2) is 7.22. The molecule has 0 heterocycles. The maximum Gasteiger partial charge on any atom is 0.316 e. The summed E-state index contributed by atoms with van der Waals surface area (Å²) >= 11 is 1.08. The van der Waals surface area contributed by atoms with Gasteiger partial charge < -0.3 is 10.1 Å². The molecular weight excluding hydrogens is 353 g/mol. The standard InChI is InChI=1S/C20H24FNO3S/c21-16-3-1-2-4-17(16)26-12-19(24)25-11-18(23)22-20-8-13-5-14(9-20)7-15(6-13)10-20/h1-4,13-15H,5-12H2,(H,22,23). The van der Waals surface area contributed by atoms with Crippen molar-refractivity contribution in [1.82, 2.24) is 5.32 Å². The molecule has 6 heteroatoms. The van der Waals surface area contributed by atoms with Crippen molar-refractivity contribution in [3.05, 3.63) is 30.1 Å². The lowest BCUT2D eigenvalue weighted by Gasteiger charge is -2.56. The van der Waals surface area contributed by atoms with Gasteiger partial charge in [-0.3, -0.25) is 9.59 Å². The molecule has 5 rings (SSSR count). The van der Waals surface area contributed by atoms with Crippen molar-refractivity contribution in [2.45, 2.75) is 49.0 Å². The van der Waals surface area contributed by atoms with Crippen molar-refractivity contribution in [2.75, 3.05) is 12.4 Å². The van der Waals surface area contributed by atoms with Crippen LogP contribution < -0.4 is 5.32 Å². The molecule has 0 atom stereocenters. The molecule has 1 amide bonds. The minimum absolute atomic E-state index is 0.00835. The second-order valence-corrected chi connectivity index (χ2v) is 9.14. The Morgan fingerprint density at radius 3 is 2.35 bits per heavy atom. The summed E-state index contributed by atoms with van der Waals surface area (Å²) in [5, 5.41) is 3.18. The van der Waals surface area contributed by atoms with Crippen molar-refractivity contribution in [3.63, 3.8) is 0 Å². The van der Waals surface area contributed by atoms with Gasteiger partial charge in [0.25, 0.3) is 5.91 Å². The molecule has 4 saturated carbocycles. The molecule has 0 radical (unpaired) electrons. The highest BCUT2D eigenvalue weighted by molar-refractivity contribution is 8.00. The lowest BCUT2D eigenvalue weighted by molar-refractivity contribution is -0.147. The molecule has 4 fully saturated rings. The Morgan fingerprint density at radius 1 is 1.12 bits per heavy atom. The third-order valence-corrected chi connectivity index (χ3v) is 7.01. The zero-order valence-electron chi connectivity index (χ0n) is 14.7. The molecule has 0 aromatic heterocycles. The number of nitrogens with one attached hydrogen (secondary N) is 1. The van der Waals surface area contributed by atoms with Gasteiger partial charge in [0.15, 0.2) is 6.61 Å². The monoisotopic (exact) mass is 377 g/mol. The first-order chi connectivity index (χ1) is 12.5. The summed E-state index contributed by atoms with van der Waals surface area (Å²) < 4.78 is 18.6. The fourth-order valence-corrected chi connectivity index (χ4v) is 6.22. The van der Waals surface area contributed by atoms with Crippen LogP contribution in [0.5, 0.6) is 0 Å². The van der Waals surface area contributed by atoms with E-state index in [2.05, 4.69) is 5.32 Å². The van der Waals surface area contributed by atoms with Gasteiger partial charge in [0.2, 0.25) is 0 Å². The Hall–Kier alpha value is -1.56. The largest absolute Gasteiger partial charge is 0.455 e. The topological polar surface area (TPSA) is 55.4 Å². The molecule has 26 heavy (non-hydrogen) atoms. The SMILES string of the molecule is O=C(COC(=O)CSc1ccccc1F)NC12CC3CC(CC(C3)C1)C2. The van der Waals surface area contributed by atoms with E-state index in [-0.39, 0.29) is 29.6 Å². The Labute approximate surface area is 157 Å². The number of thioether (sulfide) groups is 1. The Balaban J connectivity index is 1.23. The van der Waals surface area contributed by atoms with E-state index in [1.165, 1.54) is 25.3 Å². The highest BCUT2D eigenvalue weighted by Crippen LogP contribution is 2.55. The lowest BCUT2D eigenvalue weighted by Crippen LogP contribution is -2.60. The molecule has 1 aromatic rings. The van der Waals surface area contributed by atoms with E-state index in [0.717, 1.165) is 48.8 Å². The average molecular weight is 377 g/mol. The van der Waals surface area contributed by atoms with Gasteiger partial charge in [0, 0.05) is 10.4 Å². The van der Waals surface area contributed by atoms with Crippen LogP contribution in [-0.2, 0) is 14.3 Å². The molecule has 0 unspecified atom stereocenters. The smallest absolute Gasteiger partial charge is 0.316 e. The predicted molar refractivity (Wildman–Crippen MR) is 97.1 cm³/mol. The molecule has 0 spiro atoms. The summed E-state index contributed by atoms with van der Waals surface area (Å²) in [6.07, 6.45) is 7.16. The molecule has 1 aromatic carbocycles. The van der Waals surface area contributed by atoms with Gasteiger partial charge in [0.1, 0.15) is 5.82 Å². The Morgan fingerprint density at radius 2 is 1.73 bits per heavy atom. The number of esters is 1. The first kappa shape index (κ1) is 17.8. The van der Waals surface area contributed by atoms with Crippen LogP contribution in [0.2, 0.25) is 0 Å². The maximum absolute atomic E-state index is 13.5. The van der Waals surface area contributed by atoms with Gasteiger partial charge in [-0.1, -0.05) is 12.1 Å². The number of halogens is 1. The zero-order chi connectivity index (χ0) is 18.1. The van der Waals surface area contributed by atoms with E-state index >= 15 is 0 Å². The number of rotatable bonds is 6. The molecule has 0 saturated heterocycles. The normalized spacial score (nSPS) is 31.7. The van der Waals surface area contributed by atoms with Gasteiger partial charge in [-0.15, -0.1) is 11.8 Å². The summed E-state index contributed by atoms with van der Waals surface area (Å²) in [4.78, 5) is 24.6. The van der Waals surface area contributed by atoms with E-state index in [9.17, 15) is 14.0 Å². The third kappa shape index (κ3) is 3.90. The predicted octanol–water partition coefficient (Wildman–Crippen LogP) is 3.55. The highest BCUT2D eigenvalue weighted by Gasteiger charge is 2.51. The van der Waals surface area contributed by atoms with Crippen molar-refractivity contribution >= 4 is 23.6 Å². The van der Waals surface area contributed by atoms with Gasteiger partial charge in [-0.05, 0) is 68.4 Å². The van der Waals surface area contributed by atoms with Crippen LogP contribution in [0.3, 0.4) is 0 Å². The van der Waals surface area contributed by atoms with Crippen LogP contribution in [-0.4, -0.2) is 29.8 Å². The third-order valence-electron chi connectivity index (χ3n) is 5.99. The fourth-order valence-electron chi connectivity index (χ4n) is 5.48. The minimum Gasteiger partial charge on any atom is -0.455 e. The molecule has 4 bridgehead atoms. The molecule has 140 valence electrons. The molecule has 0 aliphatic heterocycles. The zero-order valence-corrected chi connectivity index (χ0v) is 15.5. The molecule has 4 aliphatic rings. The van der Waals surface area contributed by atoms with Crippen LogP contribution in [0.25, 0.3) is 0 Å².